The minimum absolute atomic E-state index is 0.252. The first kappa shape index (κ1) is 19.4. The highest BCUT2D eigenvalue weighted by Gasteiger charge is 2.23. The first-order valence-corrected chi connectivity index (χ1v) is 9.43. The largest absolute Gasteiger partial charge is 0.467 e. The molecule has 0 aliphatic rings. The van der Waals surface area contributed by atoms with Gasteiger partial charge in [0.1, 0.15) is 12.6 Å². The molecule has 30 heavy (non-hydrogen) atoms. The highest BCUT2D eigenvalue weighted by Crippen LogP contribution is 2.19. The van der Waals surface area contributed by atoms with Gasteiger partial charge in [-0.15, -0.1) is 0 Å². The molecule has 1 amide bonds. The number of fused-ring (bicyclic) bond motifs is 2. The fourth-order valence-electron chi connectivity index (χ4n) is 3.47. The first-order chi connectivity index (χ1) is 14.6. The first-order valence-electron chi connectivity index (χ1n) is 9.43. The Hall–Kier alpha value is -3.94. The molecular weight excluding hydrogens is 384 g/mol. The molecule has 0 radical (unpaired) electrons. The number of nitrogens with one attached hydrogen (secondary N) is 2. The van der Waals surface area contributed by atoms with Crippen LogP contribution < -0.4 is 10.9 Å². The Morgan fingerprint density at radius 3 is 2.67 bits per heavy atom. The van der Waals surface area contributed by atoms with Crippen molar-refractivity contribution in [3.63, 3.8) is 0 Å². The lowest BCUT2D eigenvalue weighted by atomic mass is 10.0. The van der Waals surface area contributed by atoms with Crippen LogP contribution in [0.3, 0.4) is 0 Å². The van der Waals surface area contributed by atoms with Crippen molar-refractivity contribution in [1.82, 2.24) is 19.9 Å². The van der Waals surface area contributed by atoms with Gasteiger partial charge in [-0.05, 0) is 23.8 Å². The number of methoxy groups -OCH3 is 1. The molecule has 0 spiro atoms. The molecule has 4 aromatic rings. The fraction of sp³-hybridized carbons (Fsp3) is 0.182. The number of amides is 1. The van der Waals surface area contributed by atoms with Crippen molar-refractivity contribution in [1.29, 1.82) is 0 Å². The normalized spacial score (nSPS) is 12.0. The van der Waals surface area contributed by atoms with Gasteiger partial charge < -0.3 is 15.0 Å². The van der Waals surface area contributed by atoms with Gasteiger partial charge >= 0.3 is 5.97 Å². The Morgan fingerprint density at radius 1 is 1.13 bits per heavy atom. The van der Waals surface area contributed by atoms with E-state index in [0.717, 1.165) is 16.5 Å². The molecular formula is C22H20N4O4. The van der Waals surface area contributed by atoms with E-state index >= 15 is 0 Å². The molecule has 0 aliphatic heterocycles. The summed E-state index contributed by atoms with van der Waals surface area (Å²) < 4.78 is 6.08. The van der Waals surface area contributed by atoms with Crippen LogP contribution in [-0.2, 0) is 27.3 Å². The van der Waals surface area contributed by atoms with Crippen LogP contribution in [0, 0.1) is 0 Å². The predicted molar refractivity (Wildman–Crippen MR) is 112 cm³/mol. The summed E-state index contributed by atoms with van der Waals surface area (Å²) in [5.74, 6) is -1.04. The van der Waals surface area contributed by atoms with Gasteiger partial charge in [-0.3, -0.25) is 14.2 Å². The minimum Gasteiger partial charge on any atom is -0.467 e. The van der Waals surface area contributed by atoms with Crippen molar-refractivity contribution in [3.05, 3.63) is 77.0 Å². The van der Waals surface area contributed by atoms with Gasteiger partial charge in [0.15, 0.2) is 0 Å². The Balaban J connectivity index is 1.53. The van der Waals surface area contributed by atoms with Gasteiger partial charge in [-0.25, -0.2) is 9.78 Å². The minimum atomic E-state index is -0.883. The predicted octanol–water partition coefficient (Wildman–Crippen LogP) is 1.78. The maximum Gasteiger partial charge on any atom is 0.328 e. The summed E-state index contributed by atoms with van der Waals surface area (Å²) in [6.45, 7) is -0.252. The highest BCUT2D eigenvalue weighted by atomic mass is 16.5. The number of para-hydroxylation sites is 2. The molecule has 152 valence electrons. The van der Waals surface area contributed by atoms with E-state index in [1.807, 2.05) is 30.5 Å². The van der Waals surface area contributed by atoms with Crippen LogP contribution in [0.25, 0.3) is 21.8 Å². The zero-order valence-corrected chi connectivity index (χ0v) is 16.3. The number of H-pyrrole nitrogens is 1. The third-order valence-corrected chi connectivity index (χ3v) is 4.97. The van der Waals surface area contributed by atoms with Crippen molar-refractivity contribution in [2.75, 3.05) is 7.11 Å². The number of hydrogen-bond donors (Lipinski definition) is 2. The SMILES string of the molecule is COC(=O)[C@@H](Cc1c[nH]c2ccccc12)NC(=O)Cn1cnc2ccccc2c1=O. The Labute approximate surface area is 171 Å². The van der Waals surface area contributed by atoms with E-state index < -0.39 is 17.9 Å². The summed E-state index contributed by atoms with van der Waals surface area (Å²) in [7, 11) is 1.27. The van der Waals surface area contributed by atoms with Crippen LogP contribution >= 0.6 is 0 Å². The third-order valence-electron chi connectivity index (χ3n) is 4.97. The molecule has 8 heteroatoms. The van der Waals surface area contributed by atoms with E-state index in [-0.39, 0.29) is 18.5 Å². The molecule has 2 aromatic heterocycles. The maximum absolute atomic E-state index is 12.6. The molecule has 0 saturated heterocycles. The summed E-state index contributed by atoms with van der Waals surface area (Å²) in [6, 6.07) is 13.7. The molecule has 0 saturated carbocycles. The Kier molecular flexibility index (Phi) is 5.30. The third kappa shape index (κ3) is 3.80. The molecule has 8 nitrogen and oxygen atoms in total. The second kappa shape index (κ2) is 8.20. The monoisotopic (exact) mass is 404 g/mol. The summed E-state index contributed by atoms with van der Waals surface area (Å²) in [4.78, 5) is 44.8. The second-order valence-corrected chi connectivity index (χ2v) is 6.90. The number of benzene rings is 2. The molecule has 4 rings (SSSR count). The molecule has 0 bridgehead atoms. The number of carbonyl (C=O) groups excluding carboxylic acids is 2. The van der Waals surface area contributed by atoms with Crippen LogP contribution in [0.15, 0.2) is 65.8 Å². The molecule has 2 N–H and O–H groups in total. The van der Waals surface area contributed by atoms with Crippen molar-refractivity contribution in [3.8, 4) is 0 Å². The number of carbonyl (C=O) groups is 2. The van der Waals surface area contributed by atoms with Gasteiger partial charge in [0.05, 0.1) is 24.3 Å². The summed E-state index contributed by atoms with van der Waals surface area (Å²) in [5.41, 5.74) is 2.06. The van der Waals surface area contributed by atoms with Gasteiger partial charge in [-0.1, -0.05) is 30.3 Å². The van der Waals surface area contributed by atoms with E-state index in [4.69, 9.17) is 4.74 Å². The maximum atomic E-state index is 12.6. The average molecular weight is 404 g/mol. The number of nitrogens with zero attached hydrogens (tertiary/aromatic N) is 2. The van der Waals surface area contributed by atoms with Crippen LogP contribution in [0.5, 0.6) is 0 Å². The standard InChI is InChI=1S/C22H20N4O4/c1-30-22(29)19(10-14-11-23-17-8-4-2-6-15(14)17)25-20(27)12-26-13-24-18-9-5-3-7-16(18)21(26)28/h2-9,11,13,19,23H,10,12H2,1H3,(H,25,27)/t19-/m1/s1. The Morgan fingerprint density at radius 2 is 1.87 bits per heavy atom. The van der Waals surface area contributed by atoms with Gasteiger partial charge in [-0.2, -0.15) is 0 Å². The Bertz CT molecular complexity index is 1290. The fourth-order valence-corrected chi connectivity index (χ4v) is 3.47. The molecule has 1 atom stereocenters. The van der Waals surface area contributed by atoms with Crippen molar-refractivity contribution in [2.24, 2.45) is 0 Å². The van der Waals surface area contributed by atoms with Gasteiger partial charge in [0, 0.05) is 23.5 Å². The van der Waals surface area contributed by atoms with E-state index in [1.165, 1.54) is 18.0 Å². The lowest BCUT2D eigenvalue weighted by Crippen LogP contribution is -2.45. The lowest BCUT2D eigenvalue weighted by Gasteiger charge is -2.17. The number of esters is 1. The molecule has 0 aliphatic carbocycles. The number of aromatic nitrogens is 3. The van der Waals surface area contributed by atoms with Crippen LogP contribution in [0.4, 0.5) is 0 Å². The smallest absolute Gasteiger partial charge is 0.328 e. The number of ether oxygens (including phenoxy) is 1. The van der Waals surface area contributed by atoms with Gasteiger partial charge in [0.2, 0.25) is 5.91 Å². The zero-order chi connectivity index (χ0) is 21.1. The summed E-state index contributed by atoms with van der Waals surface area (Å²) in [5, 5.41) is 4.07. The summed E-state index contributed by atoms with van der Waals surface area (Å²) in [6.07, 6.45) is 3.40. The quantitative estimate of drug-likeness (QED) is 0.477. The van der Waals surface area contributed by atoms with Crippen LogP contribution in [0.1, 0.15) is 5.56 Å². The van der Waals surface area contributed by atoms with Crippen molar-refractivity contribution in [2.45, 2.75) is 19.0 Å². The number of hydrogen-bond acceptors (Lipinski definition) is 5. The molecule has 0 fully saturated rings. The number of rotatable bonds is 6. The average Bonchev–Trinajstić information content (AvgIpc) is 3.18. The molecule has 2 heterocycles. The molecule has 0 unspecified atom stereocenters. The second-order valence-electron chi connectivity index (χ2n) is 6.90. The van der Waals surface area contributed by atoms with Gasteiger partial charge in [0.25, 0.3) is 5.56 Å². The van der Waals surface area contributed by atoms with Crippen LogP contribution in [-0.4, -0.2) is 39.6 Å². The van der Waals surface area contributed by atoms with Crippen LogP contribution in [0.2, 0.25) is 0 Å². The topological polar surface area (TPSA) is 106 Å². The van der Waals surface area contributed by atoms with E-state index in [9.17, 15) is 14.4 Å². The highest BCUT2D eigenvalue weighted by molar-refractivity contribution is 5.87. The van der Waals surface area contributed by atoms with E-state index in [0.29, 0.717) is 10.9 Å². The lowest BCUT2D eigenvalue weighted by molar-refractivity contribution is -0.145. The summed E-state index contributed by atoms with van der Waals surface area (Å²) >= 11 is 0. The van der Waals surface area contributed by atoms with Crippen molar-refractivity contribution < 1.29 is 14.3 Å². The van der Waals surface area contributed by atoms with E-state index in [1.54, 1.807) is 24.3 Å². The van der Waals surface area contributed by atoms with Crippen molar-refractivity contribution >= 4 is 33.7 Å². The number of aromatic amines is 1. The molecule has 2 aromatic carbocycles. The van der Waals surface area contributed by atoms with E-state index in [2.05, 4.69) is 15.3 Å². The zero-order valence-electron chi connectivity index (χ0n) is 16.3.